The highest BCUT2D eigenvalue weighted by atomic mass is 16.6. The van der Waals surface area contributed by atoms with Crippen LogP contribution in [-0.2, 0) is 61.6 Å². The smallest absolute Gasteiger partial charge is 0.305 e. The van der Waals surface area contributed by atoms with Gasteiger partial charge >= 0.3 is 5.97 Å². The van der Waals surface area contributed by atoms with Gasteiger partial charge in [0.1, 0.15) is 13.2 Å². The lowest BCUT2D eigenvalue weighted by molar-refractivity contribution is -0.145. The summed E-state index contributed by atoms with van der Waals surface area (Å²) in [5.74, 6) is -0.153. The fourth-order valence-corrected chi connectivity index (χ4v) is 3.25. The Morgan fingerprint density at radius 3 is 1.02 bits per heavy atom. The molecule has 0 aliphatic carbocycles. The van der Waals surface area contributed by atoms with Gasteiger partial charge in [-0.3, -0.25) is 4.79 Å². The van der Waals surface area contributed by atoms with Crippen LogP contribution >= 0.6 is 0 Å². The van der Waals surface area contributed by atoms with Gasteiger partial charge in [-0.1, -0.05) is 32.8 Å². The average molecular weight is 641 g/mol. The molecule has 0 N–H and O–H groups in total. The van der Waals surface area contributed by atoms with Crippen molar-refractivity contribution in [2.24, 2.45) is 0 Å². The van der Waals surface area contributed by atoms with Crippen LogP contribution in [-0.4, -0.2) is 151 Å². The molecule has 0 aromatic carbocycles. The van der Waals surface area contributed by atoms with Crippen molar-refractivity contribution in [2.75, 3.05) is 145 Å². The van der Waals surface area contributed by atoms with Crippen molar-refractivity contribution in [3.8, 4) is 0 Å². The topological polar surface area (TPSA) is 128 Å². The van der Waals surface area contributed by atoms with Crippen molar-refractivity contribution < 1.29 is 61.6 Å². The average Bonchev–Trinajstić information content (AvgIpc) is 3.03. The first-order valence-electron chi connectivity index (χ1n) is 16.0. The molecule has 0 aliphatic rings. The van der Waals surface area contributed by atoms with Crippen LogP contribution in [0, 0.1) is 0 Å². The molecule has 0 spiro atoms. The van der Waals surface area contributed by atoms with E-state index in [0.717, 1.165) is 25.7 Å². The zero-order valence-corrected chi connectivity index (χ0v) is 27.2. The highest BCUT2D eigenvalue weighted by molar-refractivity contribution is 5.69. The van der Waals surface area contributed by atoms with Gasteiger partial charge in [0.2, 0.25) is 0 Å². The van der Waals surface area contributed by atoms with Gasteiger partial charge in [0, 0.05) is 6.42 Å². The summed E-state index contributed by atoms with van der Waals surface area (Å²) >= 11 is 0. The highest BCUT2D eigenvalue weighted by Gasteiger charge is 2.02. The fraction of sp³-hybridized carbons (Fsp3) is 0.903. The minimum atomic E-state index is -0.153. The number of hydrogen-bond donors (Lipinski definition) is 0. The molecule has 44 heavy (non-hydrogen) atoms. The third-order valence-electron chi connectivity index (χ3n) is 5.54. The maximum atomic E-state index is 11.5. The summed E-state index contributed by atoms with van der Waals surface area (Å²) in [6.07, 6.45) is 6.15. The van der Waals surface area contributed by atoms with E-state index in [2.05, 4.69) is 13.5 Å². The predicted octanol–water partition coefficient (Wildman–Crippen LogP) is 2.83. The first-order chi connectivity index (χ1) is 21.8. The normalized spacial score (nSPS) is 11.2. The predicted molar refractivity (Wildman–Crippen MR) is 164 cm³/mol. The second kappa shape index (κ2) is 39.6. The van der Waals surface area contributed by atoms with Crippen molar-refractivity contribution in [3.63, 3.8) is 0 Å². The van der Waals surface area contributed by atoms with Gasteiger partial charge in [0.05, 0.1) is 138 Å². The van der Waals surface area contributed by atoms with E-state index in [4.69, 9.17) is 56.8 Å². The van der Waals surface area contributed by atoms with E-state index in [1.165, 1.54) is 6.26 Å². The van der Waals surface area contributed by atoms with Gasteiger partial charge in [-0.25, -0.2) is 0 Å². The van der Waals surface area contributed by atoms with Crippen molar-refractivity contribution in [3.05, 3.63) is 12.8 Å². The Balaban J connectivity index is 3.08. The lowest BCUT2D eigenvalue weighted by Gasteiger charge is -2.09. The van der Waals surface area contributed by atoms with E-state index in [9.17, 15) is 4.79 Å². The number of carbonyl (C=O) groups excluding carboxylic acids is 1. The van der Waals surface area contributed by atoms with E-state index in [1.54, 1.807) is 0 Å². The summed E-state index contributed by atoms with van der Waals surface area (Å²) in [4.78, 5) is 11.5. The zero-order valence-electron chi connectivity index (χ0n) is 27.2. The van der Waals surface area contributed by atoms with Crippen molar-refractivity contribution in [2.45, 2.75) is 39.0 Å². The lowest BCUT2D eigenvalue weighted by atomic mass is 10.2. The summed E-state index contributed by atoms with van der Waals surface area (Å²) in [7, 11) is 0. The number of unbranched alkanes of at least 4 members (excludes halogenated alkanes) is 3. The van der Waals surface area contributed by atoms with Gasteiger partial charge in [-0.05, 0) is 6.42 Å². The zero-order chi connectivity index (χ0) is 31.9. The second-order valence-electron chi connectivity index (χ2n) is 9.19. The SMILES string of the molecule is C=COCCOCCOCCOCCOCCOCCOCCOCCOCCOCCOCCOC(=O)CCCCCC. The number of rotatable bonds is 39. The molecule has 0 fully saturated rings. The Morgan fingerprint density at radius 2 is 0.727 bits per heavy atom. The molecule has 0 heterocycles. The molecular weight excluding hydrogens is 580 g/mol. The van der Waals surface area contributed by atoms with Crippen LogP contribution in [0.1, 0.15) is 39.0 Å². The Labute approximate surface area is 265 Å². The summed E-state index contributed by atoms with van der Waals surface area (Å²) < 4.78 is 64.3. The maximum Gasteiger partial charge on any atom is 0.305 e. The number of hydrogen-bond acceptors (Lipinski definition) is 13. The molecule has 13 nitrogen and oxygen atoms in total. The molecule has 13 heteroatoms. The Bertz CT molecular complexity index is 569. The molecule has 0 aromatic heterocycles. The number of ether oxygens (including phenoxy) is 12. The Kier molecular flexibility index (Phi) is 38.4. The van der Waals surface area contributed by atoms with Crippen LogP contribution in [0.15, 0.2) is 12.8 Å². The van der Waals surface area contributed by atoms with Crippen molar-refractivity contribution in [1.29, 1.82) is 0 Å². The van der Waals surface area contributed by atoms with Crippen LogP contribution in [0.4, 0.5) is 0 Å². The molecule has 0 bridgehead atoms. The monoisotopic (exact) mass is 640 g/mol. The summed E-state index contributed by atoms with van der Waals surface area (Å²) in [6.45, 7) is 16.3. The van der Waals surface area contributed by atoms with Gasteiger partial charge in [-0.15, -0.1) is 0 Å². The highest BCUT2D eigenvalue weighted by Crippen LogP contribution is 2.03. The van der Waals surface area contributed by atoms with Crippen LogP contribution < -0.4 is 0 Å². The van der Waals surface area contributed by atoms with E-state index >= 15 is 0 Å². The molecule has 0 aliphatic heterocycles. The molecule has 0 saturated heterocycles. The standard InChI is InChI=1S/C31H60O13/c1-3-5-6-7-8-31(32)44-30-29-43-28-27-42-26-25-41-24-23-40-22-21-39-20-19-38-18-17-37-16-15-36-14-13-35-12-11-34-10-9-33-4-2/h4H,2-3,5-30H2,1H3. The van der Waals surface area contributed by atoms with Gasteiger partial charge in [0.15, 0.2) is 0 Å². The van der Waals surface area contributed by atoms with Crippen LogP contribution in [0.2, 0.25) is 0 Å². The van der Waals surface area contributed by atoms with Gasteiger partial charge in [0.25, 0.3) is 0 Å². The Morgan fingerprint density at radius 1 is 0.432 bits per heavy atom. The Hall–Kier alpha value is -1.39. The third-order valence-corrected chi connectivity index (χ3v) is 5.54. The second-order valence-corrected chi connectivity index (χ2v) is 9.19. The van der Waals surface area contributed by atoms with E-state index in [-0.39, 0.29) is 12.6 Å². The van der Waals surface area contributed by atoms with E-state index in [0.29, 0.717) is 145 Å². The minimum absolute atomic E-state index is 0.153. The van der Waals surface area contributed by atoms with Crippen molar-refractivity contribution >= 4 is 5.97 Å². The summed E-state index contributed by atoms with van der Waals surface area (Å²) in [5, 5.41) is 0. The lowest BCUT2D eigenvalue weighted by Crippen LogP contribution is -2.15. The van der Waals surface area contributed by atoms with Gasteiger partial charge in [-0.2, -0.15) is 0 Å². The minimum Gasteiger partial charge on any atom is -0.499 e. The quantitative estimate of drug-likeness (QED) is 0.0556. The van der Waals surface area contributed by atoms with E-state index in [1.807, 2.05) is 0 Å². The molecule has 0 aromatic rings. The number of carbonyl (C=O) groups is 1. The first kappa shape index (κ1) is 42.6. The summed E-state index contributed by atoms with van der Waals surface area (Å²) in [5.41, 5.74) is 0. The fourth-order valence-electron chi connectivity index (χ4n) is 3.25. The molecule has 0 atom stereocenters. The maximum absolute atomic E-state index is 11.5. The largest absolute Gasteiger partial charge is 0.499 e. The third kappa shape index (κ3) is 38.6. The van der Waals surface area contributed by atoms with E-state index < -0.39 is 0 Å². The number of esters is 1. The van der Waals surface area contributed by atoms with Crippen molar-refractivity contribution in [1.82, 2.24) is 0 Å². The molecule has 0 radical (unpaired) electrons. The molecular formula is C31H60O13. The molecule has 0 unspecified atom stereocenters. The molecule has 0 saturated carbocycles. The van der Waals surface area contributed by atoms with Gasteiger partial charge < -0.3 is 56.8 Å². The molecule has 262 valence electrons. The van der Waals surface area contributed by atoms with Crippen LogP contribution in [0.5, 0.6) is 0 Å². The summed E-state index contributed by atoms with van der Waals surface area (Å²) in [6, 6.07) is 0. The molecule has 0 amide bonds. The van der Waals surface area contributed by atoms with Crippen LogP contribution in [0.25, 0.3) is 0 Å². The molecule has 0 rings (SSSR count). The first-order valence-corrected chi connectivity index (χ1v) is 16.0. The van der Waals surface area contributed by atoms with Crippen LogP contribution in [0.3, 0.4) is 0 Å².